The molecule has 0 bridgehead atoms. The van der Waals surface area contributed by atoms with Gasteiger partial charge in [0.15, 0.2) is 0 Å². The Morgan fingerprint density at radius 2 is 1.65 bits per heavy atom. The first-order chi connectivity index (χ1) is 8.22. The predicted octanol–water partition coefficient (Wildman–Crippen LogP) is 5.04. The summed E-state index contributed by atoms with van der Waals surface area (Å²) in [6, 6.07) is 17.3. The Morgan fingerprint density at radius 3 is 2.29 bits per heavy atom. The third kappa shape index (κ3) is 2.78. The zero-order valence-electron chi connectivity index (χ0n) is 10.3. The molecule has 1 atom stereocenters. The number of aryl methyl sites for hydroxylation is 2. The highest BCUT2D eigenvalue weighted by Crippen LogP contribution is 2.33. The van der Waals surface area contributed by atoms with Crippen LogP contribution in [0.15, 0.2) is 48.5 Å². The van der Waals surface area contributed by atoms with Crippen molar-refractivity contribution in [2.24, 2.45) is 0 Å². The van der Waals surface area contributed by atoms with E-state index in [0.29, 0.717) is 4.83 Å². The van der Waals surface area contributed by atoms with Gasteiger partial charge in [0.1, 0.15) is 0 Å². The summed E-state index contributed by atoms with van der Waals surface area (Å²) in [6.45, 7) is 4.32. The van der Waals surface area contributed by atoms with Crippen molar-refractivity contribution in [1.82, 2.24) is 0 Å². The molecule has 0 fully saturated rings. The van der Waals surface area contributed by atoms with Crippen molar-refractivity contribution in [3.8, 4) is 0 Å². The third-order valence-electron chi connectivity index (χ3n) is 3.08. The van der Waals surface area contributed by atoms with Gasteiger partial charge in [0.2, 0.25) is 0 Å². The standard InChI is InChI=1S/C16H17Br/c1-3-13-6-4-5-7-15(13)16(17)14-10-8-12(2)9-11-14/h4-11,16H,3H2,1-2H3. The highest BCUT2D eigenvalue weighted by atomic mass is 79.9. The first-order valence-electron chi connectivity index (χ1n) is 6.00. The maximum absolute atomic E-state index is 3.81. The molecule has 1 unspecified atom stereocenters. The Hall–Kier alpha value is -1.08. The van der Waals surface area contributed by atoms with E-state index in [0.717, 1.165) is 6.42 Å². The number of rotatable bonds is 3. The monoisotopic (exact) mass is 288 g/mol. The molecule has 0 aliphatic rings. The molecular formula is C16H17Br. The topological polar surface area (TPSA) is 0 Å². The van der Waals surface area contributed by atoms with Crippen molar-refractivity contribution >= 4 is 15.9 Å². The lowest BCUT2D eigenvalue weighted by molar-refractivity contribution is 1.05. The second kappa shape index (κ2) is 5.50. The molecule has 88 valence electrons. The maximum atomic E-state index is 3.81. The summed E-state index contributed by atoms with van der Waals surface area (Å²) in [7, 11) is 0. The maximum Gasteiger partial charge on any atom is 0.0647 e. The number of hydrogen-bond donors (Lipinski definition) is 0. The lowest BCUT2D eigenvalue weighted by atomic mass is 9.98. The Kier molecular flexibility index (Phi) is 4.01. The number of halogens is 1. The highest BCUT2D eigenvalue weighted by molar-refractivity contribution is 9.09. The summed E-state index contributed by atoms with van der Waals surface area (Å²) >= 11 is 3.81. The highest BCUT2D eigenvalue weighted by Gasteiger charge is 2.12. The van der Waals surface area contributed by atoms with Crippen LogP contribution in [0.5, 0.6) is 0 Å². The smallest absolute Gasteiger partial charge is 0.0647 e. The van der Waals surface area contributed by atoms with Crippen molar-refractivity contribution in [2.75, 3.05) is 0 Å². The molecule has 0 aliphatic heterocycles. The van der Waals surface area contributed by atoms with E-state index in [1.54, 1.807) is 0 Å². The molecule has 2 aromatic carbocycles. The molecule has 0 N–H and O–H groups in total. The minimum atomic E-state index is 0.291. The van der Waals surface area contributed by atoms with Crippen LogP contribution >= 0.6 is 15.9 Å². The normalized spacial score (nSPS) is 12.4. The van der Waals surface area contributed by atoms with Crippen molar-refractivity contribution in [3.63, 3.8) is 0 Å². The molecule has 0 nitrogen and oxygen atoms in total. The second-order valence-electron chi connectivity index (χ2n) is 4.33. The van der Waals surface area contributed by atoms with Crippen molar-refractivity contribution in [1.29, 1.82) is 0 Å². The predicted molar refractivity (Wildman–Crippen MR) is 77.8 cm³/mol. The van der Waals surface area contributed by atoms with Crippen LogP contribution in [-0.4, -0.2) is 0 Å². The van der Waals surface area contributed by atoms with Crippen LogP contribution in [0.25, 0.3) is 0 Å². The van der Waals surface area contributed by atoms with Gasteiger partial charge >= 0.3 is 0 Å². The van der Waals surface area contributed by atoms with Crippen molar-refractivity contribution in [2.45, 2.75) is 25.1 Å². The van der Waals surface area contributed by atoms with Gasteiger partial charge in [-0.2, -0.15) is 0 Å². The van der Waals surface area contributed by atoms with Crippen molar-refractivity contribution < 1.29 is 0 Å². The Morgan fingerprint density at radius 1 is 1.00 bits per heavy atom. The van der Waals surface area contributed by atoms with E-state index in [1.165, 1.54) is 22.3 Å². The van der Waals surface area contributed by atoms with E-state index in [-0.39, 0.29) is 0 Å². The first-order valence-corrected chi connectivity index (χ1v) is 6.92. The molecule has 1 heteroatoms. The zero-order valence-corrected chi connectivity index (χ0v) is 11.9. The molecule has 0 spiro atoms. The van der Waals surface area contributed by atoms with E-state index < -0.39 is 0 Å². The first kappa shape index (κ1) is 12.4. The fraction of sp³-hybridized carbons (Fsp3) is 0.250. The van der Waals surface area contributed by atoms with Gasteiger partial charge in [0.25, 0.3) is 0 Å². The summed E-state index contributed by atoms with van der Waals surface area (Å²) in [4.78, 5) is 0.291. The van der Waals surface area contributed by atoms with Gasteiger partial charge in [0, 0.05) is 0 Å². The largest absolute Gasteiger partial charge is 0.0786 e. The number of benzene rings is 2. The number of alkyl halides is 1. The summed E-state index contributed by atoms with van der Waals surface area (Å²) in [5.74, 6) is 0. The fourth-order valence-electron chi connectivity index (χ4n) is 2.02. The van der Waals surface area contributed by atoms with Gasteiger partial charge in [-0.25, -0.2) is 0 Å². The quantitative estimate of drug-likeness (QED) is 0.694. The average molecular weight is 289 g/mol. The third-order valence-corrected chi connectivity index (χ3v) is 4.10. The van der Waals surface area contributed by atoms with Gasteiger partial charge in [-0.05, 0) is 30.0 Å². The Labute approximate surface area is 112 Å². The molecule has 0 amide bonds. The summed E-state index contributed by atoms with van der Waals surface area (Å²) in [5.41, 5.74) is 5.41. The Bertz CT molecular complexity index is 485. The minimum absolute atomic E-state index is 0.291. The second-order valence-corrected chi connectivity index (χ2v) is 5.24. The molecule has 0 heterocycles. The molecular weight excluding hydrogens is 272 g/mol. The molecule has 0 radical (unpaired) electrons. The molecule has 2 aromatic rings. The molecule has 0 aromatic heterocycles. The molecule has 17 heavy (non-hydrogen) atoms. The van der Waals surface area contributed by atoms with Crippen LogP contribution in [-0.2, 0) is 6.42 Å². The minimum Gasteiger partial charge on any atom is -0.0786 e. The van der Waals surface area contributed by atoms with Gasteiger partial charge in [-0.1, -0.05) is 76.9 Å². The summed E-state index contributed by atoms with van der Waals surface area (Å²) < 4.78 is 0. The summed E-state index contributed by atoms with van der Waals surface area (Å²) in [6.07, 6.45) is 1.07. The van der Waals surface area contributed by atoms with E-state index >= 15 is 0 Å². The lowest BCUT2D eigenvalue weighted by Gasteiger charge is -2.15. The van der Waals surface area contributed by atoms with Crippen LogP contribution in [0.1, 0.15) is 34.0 Å². The van der Waals surface area contributed by atoms with Gasteiger partial charge in [0.05, 0.1) is 4.83 Å². The Balaban J connectivity index is 2.36. The van der Waals surface area contributed by atoms with E-state index in [9.17, 15) is 0 Å². The fourth-order valence-corrected chi connectivity index (χ4v) is 2.77. The van der Waals surface area contributed by atoms with Crippen LogP contribution in [0, 0.1) is 6.92 Å². The zero-order chi connectivity index (χ0) is 12.3. The summed E-state index contributed by atoms with van der Waals surface area (Å²) in [5, 5.41) is 0. The van der Waals surface area contributed by atoms with Crippen LogP contribution in [0.4, 0.5) is 0 Å². The van der Waals surface area contributed by atoms with E-state index in [4.69, 9.17) is 0 Å². The van der Waals surface area contributed by atoms with Crippen molar-refractivity contribution in [3.05, 3.63) is 70.8 Å². The van der Waals surface area contributed by atoms with Crippen LogP contribution in [0.3, 0.4) is 0 Å². The average Bonchev–Trinajstić information content (AvgIpc) is 2.39. The van der Waals surface area contributed by atoms with Crippen LogP contribution < -0.4 is 0 Å². The number of hydrogen-bond acceptors (Lipinski definition) is 0. The molecule has 0 saturated carbocycles. The van der Waals surface area contributed by atoms with Gasteiger partial charge in [-0.15, -0.1) is 0 Å². The SMILES string of the molecule is CCc1ccccc1C(Br)c1ccc(C)cc1. The van der Waals surface area contributed by atoms with Crippen LogP contribution in [0.2, 0.25) is 0 Å². The van der Waals surface area contributed by atoms with Gasteiger partial charge in [-0.3, -0.25) is 0 Å². The van der Waals surface area contributed by atoms with Gasteiger partial charge < -0.3 is 0 Å². The molecule has 0 aliphatic carbocycles. The van der Waals surface area contributed by atoms with E-state index in [1.807, 2.05) is 0 Å². The molecule has 2 rings (SSSR count). The molecule has 0 saturated heterocycles. The lowest BCUT2D eigenvalue weighted by Crippen LogP contribution is -1.97. The van der Waals surface area contributed by atoms with E-state index in [2.05, 4.69) is 78.3 Å².